The summed E-state index contributed by atoms with van der Waals surface area (Å²) >= 11 is 0. The number of nitrogens with two attached hydrogens (primary N) is 1. The molecule has 0 spiro atoms. The van der Waals surface area contributed by atoms with E-state index < -0.39 is 11.2 Å². The SMILES string of the molecule is COc1ccc(C2CCCN2CC(=O)N(CC(C)C)c2c(N)n(CC(C)C)c(=O)[nH]c2=O)cc1. The first kappa shape index (κ1) is 25.6. The van der Waals surface area contributed by atoms with Gasteiger partial charge in [0.25, 0.3) is 5.56 Å². The Morgan fingerprint density at radius 2 is 1.85 bits per heavy atom. The summed E-state index contributed by atoms with van der Waals surface area (Å²) in [4.78, 5) is 44.8. The van der Waals surface area contributed by atoms with E-state index in [2.05, 4.69) is 9.88 Å². The second-order valence-corrected chi connectivity index (χ2v) is 9.80. The van der Waals surface area contributed by atoms with Crippen molar-refractivity contribution in [3.63, 3.8) is 0 Å². The maximum Gasteiger partial charge on any atom is 0.330 e. The molecule has 34 heavy (non-hydrogen) atoms. The van der Waals surface area contributed by atoms with Gasteiger partial charge in [-0.2, -0.15) is 0 Å². The van der Waals surface area contributed by atoms with Crippen LogP contribution in [0.25, 0.3) is 0 Å². The molecule has 1 aliphatic heterocycles. The number of benzene rings is 1. The fourth-order valence-corrected chi connectivity index (χ4v) is 4.55. The lowest BCUT2D eigenvalue weighted by molar-refractivity contribution is -0.120. The fraction of sp³-hybridized carbons (Fsp3) is 0.560. The van der Waals surface area contributed by atoms with Gasteiger partial charge in [-0.25, -0.2) is 4.79 Å². The van der Waals surface area contributed by atoms with Crippen LogP contribution in [0.15, 0.2) is 33.9 Å². The molecule has 0 saturated carbocycles. The monoisotopic (exact) mass is 471 g/mol. The number of ether oxygens (including phenoxy) is 1. The molecule has 3 rings (SSSR count). The van der Waals surface area contributed by atoms with E-state index in [1.165, 1.54) is 9.47 Å². The van der Waals surface area contributed by atoms with E-state index in [1.807, 2.05) is 52.0 Å². The van der Waals surface area contributed by atoms with E-state index in [1.54, 1.807) is 7.11 Å². The highest BCUT2D eigenvalue weighted by atomic mass is 16.5. The van der Waals surface area contributed by atoms with Crippen molar-refractivity contribution in [1.29, 1.82) is 0 Å². The smallest absolute Gasteiger partial charge is 0.330 e. The van der Waals surface area contributed by atoms with Gasteiger partial charge in [-0.15, -0.1) is 0 Å². The van der Waals surface area contributed by atoms with E-state index >= 15 is 0 Å². The zero-order valence-electron chi connectivity index (χ0n) is 20.8. The number of aromatic nitrogens is 2. The third-order valence-corrected chi connectivity index (χ3v) is 6.08. The van der Waals surface area contributed by atoms with Gasteiger partial charge in [-0.3, -0.25) is 24.0 Å². The minimum atomic E-state index is -0.635. The number of anilines is 2. The number of nitrogens with zero attached hydrogens (tertiary/aromatic N) is 3. The number of hydrogen-bond donors (Lipinski definition) is 2. The Morgan fingerprint density at radius 1 is 1.18 bits per heavy atom. The first-order valence-corrected chi connectivity index (χ1v) is 11.9. The third kappa shape index (κ3) is 5.70. The van der Waals surface area contributed by atoms with Crippen LogP contribution < -0.4 is 26.6 Å². The molecule has 1 saturated heterocycles. The Morgan fingerprint density at radius 3 is 2.44 bits per heavy atom. The normalized spacial score (nSPS) is 16.4. The van der Waals surface area contributed by atoms with Crippen molar-refractivity contribution < 1.29 is 9.53 Å². The maximum atomic E-state index is 13.6. The Kier molecular flexibility index (Phi) is 8.19. The average molecular weight is 472 g/mol. The van der Waals surface area contributed by atoms with E-state index in [-0.39, 0.29) is 41.8 Å². The van der Waals surface area contributed by atoms with Gasteiger partial charge in [-0.1, -0.05) is 39.8 Å². The van der Waals surface area contributed by atoms with E-state index in [4.69, 9.17) is 10.5 Å². The lowest BCUT2D eigenvalue weighted by Crippen LogP contribution is -2.46. The Bertz CT molecular complexity index is 1100. The molecule has 186 valence electrons. The summed E-state index contributed by atoms with van der Waals surface area (Å²) in [7, 11) is 1.64. The quantitative estimate of drug-likeness (QED) is 0.581. The predicted octanol–water partition coefficient (Wildman–Crippen LogP) is 2.61. The number of methoxy groups -OCH3 is 1. The molecular formula is C25H37N5O4. The zero-order chi connectivity index (χ0) is 25.0. The minimum absolute atomic E-state index is 0.0320. The molecule has 2 aromatic rings. The van der Waals surface area contributed by atoms with Crippen LogP contribution in [-0.4, -0.2) is 47.1 Å². The molecule has 0 aliphatic carbocycles. The maximum absolute atomic E-state index is 13.6. The summed E-state index contributed by atoms with van der Waals surface area (Å²) in [5.74, 6) is 0.858. The van der Waals surface area contributed by atoms with E-state index in [0.717, 1.165) is 30.7 Å². The van der Waals surface area contributed by atoms with Gasteiger partial charge in [-0.05, 0) is 48.9 Å². The standard InChI is InChI=1S/C25H37N5O4/c1-16(2)13-29(22-23(26)30(14-17(3)4)25(33)27-24(22)32)21(31)15-28-12-6-7-20(28)18-8-10-19(34-5)11-9-18/h8-11,16-17,20H,6-7,12-15,26H2,1-5H3,(H,27,32,33). The van der Waals surface area contributed by atoms with Gasteiger partial charge >= 0.3 is 5.69 Å². The van der Waals surface area contributed by atoms with Crippen LogP contribution in [0.3, 0.4) is 0 Å². The number of likely N-dealkylation sites (tertiary alicyclic amines) is 1. The first-order valence-electron chi connectivity index (χ1n) is 11.9. The lowest BCUT2D eigenvalue weighted by atomic mass is 10.0. The number of amides is 1. The molecule has 1 amide bonds. The Labute approximate surface area is 200 Å². The summed E-state index contributed by atoms with van der Waals surface area (Å²) < 4.78 is 6.61. The third-order valence-electron chi connectivity index (χ3n) is 6.08. The minimum Gasteiger partial charge on any atom is -0.497 e. The highest BCUT2D eigenvalue weighted by molar-refractivity contribution is 5.97. The van der Waals surface area contributed by atoms with Gasteiger partial charge in [0.1, 0.15) is 11.6 Å². The molecule has 1 atom stereocenters. The predicted molar refractivity (Wildman–Crippen MR) is 134 cm³/mol. The summed E-state index contributed by atoms with van der Waals surface area (Å²) in [5.41, 5.74) is 6.32. The molecule has 1 aromatic heterocycles. The van der Waals surface area contributed by atoms with Crippen LogP contribution in [0, 0.1) is 11.8 Å². The van der Waals surface area contributed by atoms with Crippen LogP contribution in [0.2, 0.25) is 0 Å². The van der Waals surface area contributed by atoms with Crippen molar-refractivity contribution in [3.8, 4) is 5.75 Å². The molecule has 0 radical (unpaired) electrons. The number of aromatic amines is 1. The summed E-state index contributed by atoms with van der Waals surface area (Å²) in [6, 6.07) is 8.03. The van der Waals surface area contributed by atoms with Gasteiger partial charge in [0.05, 0.1) is 13.7 Å². The largest absolute Gasteiger partial charge is 0.497 e. The van der Waals surface area contributed by atoms with E-state index in [0.29, 0.717) is 13.1 Å². The molecule has 0 bridgehead atoms. The summed E-state index contributed by atoms with van der Waals surface area (Å²) in [6.07, 6.45) is 1.93. The van der Waals surface area contributed by atoms with Gasteiger partial charge in [0, 0.05) is 19.1 Å². The van der Waals surface area contributed by atoms with Crippen LogP contribution >= 0.6 is 0 Å². The topological polar surface area (TPSA) is 114 Å². The van der Waals surface area contributed by atoms with E-state index in [9.17, 15) is 14.4 Å². The van der Waals surface area contributed by atoms with Crippen molar-refractivity contribution in [2.45, 2.75) is 53.1 Å². The highest BCUT2D eigenvalue weighted by Gasteiger charge is 2.31. The van der Waals surface area contributed by atoms with Crippen LogP contribution in [0.5, 0.6) is 5.75 Å². The number of carbonyl (C=O) groups is 1. The van der Waals surface area contributed by atoms with Crippen molar-refractivity contribution in [1.82, 2.24) is 14.5 Å². The lowest BCUT2D eigenvalue weighted by Gasteiger charge is -2.30. The average Bonchev–Trinajstić information content (AvgIpc) is 3.23. The number of nitrogens with one attached hydrogen (secondary N) is 1. The Balaban J connectivity index is 1.92. The second kappa shape index (κ2) is 10.9. The zero-order valence-corrected chi connectivity index (χ0v) is 20.8. The summed E-state index contributed by atoms with van der Waals surface area (Å²) in [5, 5.41) is 0. The fourth-order valence-electron chi connectivity index (χ4n) is 4.55. The summed E-state index contributed by atoms with van der Waals surface area (Å²) in [6.45, 7) is 9.50. The van der Waals surface area contributed by atoms with Crippen molar-refractivity contribution in [2.24, 2.45) is 11.8 Å². The molecule has 9 nitrogen and oxygen atoms in total. The van der Waals surface area contributed by atoms with Crippen LogP contribution in [0.1, 0.15) is 52.1 Å². The molecule has 2 heterocycles. The Hall–Kier alpha value is -3.07. The van der Waals surface area contributed by atoms with Crippen molar-refractivity contribution in [3.05, 3.63) is 50.7 Å². The number of rotatable bonds is 9. The van der Waals surface area contributed by atoms with Gasteiger partial charge in [0.2, 0.25) is 5.91 Å². The molecule has 1 fully saturated rings. The van der Waals surface area contributed by atoms with Gasteiger partial charge in [0.15, 0.2) is 5.69 Å². The second-order valence-electron chi connectivity index (χ2n) is 9.80. The first-order chi connectivity index (χ1) is 16.1. The van der Waals surface area contributed by atoms with Crippen LogP contribution in [0.4, 0.5) is 11.5 Å². The van der Waals surface area contributed by atoms with Gasteiger partial charge < -0.3 is 15.4 Å². The molecule has 3 N–H and O–H groups in total. The number of H-pyrrole nitrogens is 1. The van der Waals surface area contributed by atoms with Crippen molar-refractivity contribution in [2.75, 3.05) is 37.4 Å². The number of hydrogen-bond acceptors (Lipinski definition) is 6. The van der Waals surface area contributed by atoms with Crippen LogP contribution in [-0.2, 0) is 11.3 Å². The number of carbonyl (C=O) groups excluding carboxylic acids is 1. The molecule has 1 aliphatic rings. The highest BCUT2D eigenvalue weighted by Crippen LogP contribution is 2.33. The van der Waals surface area contributed by atoms with Crippen molar-refractivity contribution >= 4 is 17.4 Å². The molecule has 9 heteroatoms. The number of nitrogen functional groups attached to an aromatic ring is 1. The molecule has 1 aromatic carbocycles. The molecule has 1 unspecified atom stereocenters. The molecular weight excluding hydrogens is 434 g/mol.